The third-order valence-electron chi connectivity index (χ3n) is 3.03. The Morgan fingerprint density at radius 1 is 1.05 bits per heavy atom. The van der Waals surface area contributed by atoms with Crippen molar-refractivity contribution in [2.45, 2.75) is 73.6 Å². The summed E-state index contributed by atoms with van der Waals surface area (Å²) in [5, 5.41) is 0.963. The van der Waals surface area contributed by atoms with Crippen molar-refractivity contribution < 1.29 is 9.21 Å². The molecule has 1 aromatic heterocycles. The van der Waals surface area contributed by atoms with Gasteiger partial charge in [-0.15, -0.1) is 0 Å². The Hall–Kier alpha value is -1.57. The van der Waals surface area contributed by atoms with E-state index in [0.717, 1.165) is 41.6 Å². The van der Waals surface area contributed by atoms with E-state index in [4.69, 9.17) is 4.42 Å². The molecule has 1 aromatic carbocycles. The molecule has 0 amide bonds. The van der Waals surface area contributed by atoms with E-state index >= 15 is 0 Å². The quantitative estimate of drug-likeness (QED) is 0.568. The molecule has 0 aliphatic heterocycles. The van der Waals surface area contributed by atoms with Crippen molar-refractivity contribution in [3.8, 4) is 0 Å². The molecule has 2 heteroatoms. The Balaban J connectivity index is 0.000000789. The van der Waals surface area contributed by atoms with E-state index in [0.29, 0.717) is 6.42 Å². The van der Waals surface area contributed by atoms with E-state index in [-0.39, 0.29) is 5.78 Å². The van der Waals surface area contributed by atoms with Crippen LogP contribution in [0.4, 0.5) is 0 Å². The average Bonchev–Trinajstić information content (AvgIpc) is 2.93. The van der Waals surface area contributed by atoms with E-state index in [1.165, 1.54) is 6.42 Å². The van der Waals surface area contributed by atoms with E-state index in [1.807, 2.05) is 45.0 Å². The second-order valence-electron chi connectivity index (χ2n) is 4.98. The summed E-state index contributed by atoms with van der Waals surface area (Å²) in [5.41, 5.74) is 1.63. The van der Waals surface area contributed by atoms with Crippen LogP contribution in [0.3, 0.4) is 0 Å². The molecule has 0 saturated carbocycles. The van der Waals surface area contributed by atoms with Gasteiger partial charge in [0.15, 0.2) is 5.78 Å². The first-order valence-corrected chi connectivity index (χ1v) is 8.73. The molecule has 22 heavy (non-hydrogen) atoms. The third kappa shape index (κ3) is 5.67. The van der Waals surface area contributed by atoms with Crippen molar-refractivity contribution >= 4 is 16.8 Å². The Morgan fingerprint density at radius 3 is 2.18 bits per heavy atom. The highest BCUT2D eigenvalue weighted by molar-refractivity contribution is 6.08. The SMILES string of the molecule is CC.CCC.CCCCc1oc2ccccc2c1C(=O)CC. The lowest BCUT2D eigenvalue weighted by atomic mass is 10.0. The number of hydrogen-bond acceptors (Lipinski definition) is 2. The van der Waals surface area contributed by atoms with Crippen molar-refractivity contribution in [3.05, 3.63) is 35.6 Å². The fraction of sp³-hybridized carbons (Fsp3) is 0.550. The average molecular weight is 304 g/mol. The van der Waals surface area contributed by atoms with Gasteiger partial charge in [0, 0.05) is 18.2 Å². The van der Waals surface area contributed by atoms with Crippen LogP contribution in [0.1, 0.15) is 83.3 Å². The highest BCUT2D eigenvalue weighted by atomic mass is 16.3. The Morgan fingerprint density at radius 2 is 1.64 bits per heavy atom. The lowest BCUT2D eigenvalue weighted by Gasteiger charge is -1.99. The highest BCUT2D eigenvalue weighted by Gasteiger charge is 2.18. The fourth-order valence-electron chi connectivity index (χ4n) is 2.09. The summed E-state index contributed by atoms with van der Waals surface area (Å²) >= 11 is 0. The number of ketones is 1. The number of rotatable bonds is 5. The lowest BCUT2D eigenvalue weighted by Crippen LogP contribution is -1.99. The summed E-state index contributed by atoms with van der Waals surface area (Å²) in [5.74, 6) is 1.04. The van der Waals surface area contributed by atoms with Gasteiger partial charge in [-0.05, 0) is 12.5 Å². The van der Waals surface area contributed by atoms with Crippen molar-refractivity contribution in [1.82, 2.24) is 0 Å². The Bertz CT molecular complexity index is 538. The molecule has 2 rings (SSSR count). The molecule has 0 unspecified atom stereocenters. The highest BCUT2D eigenvalue weighted by Crippen LogP contribution is 2.28. The van der Waals surface area contributed by atoms with Crippen LogP contribution in [0.15, 0.2) is 28.7 Å². The monoisotopic (exact) mass is 304 g/mol. The number of unbranched alkanes of at least 4 members (excludes halogenated alkanes) is 1. The van der Waals surface area contributed by atoms with E-state index in [1.54, 1.807) is 0 Å². The molecule has 0 aliphatic carbocycles. The van der Waals surface area contributed by atoms with Gasteiger partial charge in [0.2, 0.25) is 0 Å². The number of fused-ring (bicyclic) bond motifs is 1. The fourth-order valence-corrected chi connectivity index (χ4v) is 2.09. The number of carbonyl (C=O) groups is 1. The number of para-hydroxylation sites is 1. The maximum absolute atomic E-state index is 12.0. The summed E-state index contributed by atoms with van der Waals surface area (Å²) in [6.45, 7) is 12.3. The maximum Gasteiger partial charge on any atom is 0.166 e. The number of Topliss-reactive ketones (excluding diaryl/α,β-unsaturated/α-hetero) is 1. The second-order valence-corrected chi connectivity index (χ2v) is 4.98. The third-order valence-corrected chi connectivity index (χ3v) is 3.03. The molecule has 0 fully saturated rings. The minimum Gasteiger partial charge on any atom is -0.460 e. The van der Waals surface area contributed by atoms with Crippen molar-refractivity contribution in [1.29, 1.82) is 0 Å². The van der Waals surface area contributed by atoms with Gasteiger partial charge in [0.25, 0.3) is 0 Å². The number of furan rings is 1. The first-order valence-electron chi connectivity index (χ1n) is 8.73. The van der Waals surface area contributed by atoms with E-state index in [9.17, 15) is 4.79 Å². The van der Waals surface area contributed by atoms with Crippen LogP contribution in [0.2, 0.25) is 0 Å². The summed E-state index contributed by atoms with van der Waals surface area (Å²) < 4.78 is 5.80. The predicted octanol–water partition coefficient (Wildman–Crippen LogP) is 6.81. The zero-order valence-corrected chi connectivity index (χ0v) is 15.2. The first-order chi connectivity index (χ1) is 10.7. The molecule has 0 aliphatic rings. The second kappa shape index (κ2) is 12.0. The summed E-state index contributed by atoms with van der Waals surface area (Å²) in [4.78, 5) is 12.0. The molecule has 0 bridgehead atoms. The summed E-state index contributed by atoms with van der Waals surface area (Å²) in [7, 11) is 0. The molecule has 0 N–H and O–H groups in total. The molecule has 2 nitrogen and oxygen atoms in total. The van der Waals surface area contributed by atoms with Crippen LogP contribution < -0.4 is 0 Å². The molecule has 0 radical (unpaired) electrons. The first kappa shape index (κ1) is 20.4. The minimum absolute atomic E-state index is 0.182. The van der Waals surface area contributed by atoms with Crippen LogP contribution in [-0.4, -0.2) is 5.78 Å². The molecule has 0 spiro atoms. The zero-order chi connectivity index (χ0) is 17.0. The van der Waals surface area contributed by atoms with Gasteiger partial charge in [-0.2, -0.15) is 0 Å². The normalized spacial score (nSPS) is 9.55. The van der Waals surface area contributed by atoms with Crippen molar-refractivity contribution in [2.75, 3.05) is 0 Å². The van der Waals surface area contributed by atoms with Crippen LogP contribution in [0, 0.1) is 0 Å². The van der Waals surface area contributed by atoms with Crippen LogP contribution in [0.5, 0.6) is 0 Å². The number of benzene rings is 1. The zero-order valence-electron chi connectivity index (χ0n) is 15.2. The van der Waals surface area contributed by atoms with Crippen molar-refractivity contribution in [2.24, 2.45) is 0 Å². The van der Waals surface area contributed by atoms with E-state index in [2.05, 4.69) is 20.8 Å². The van der Waals surface area contributed by atoms with Gasteiger partial charge in [0.05, 0.1) is 5.56 Å². The van der Waals surface area contributed by atoms with Crippen LogP contribution >= 0.6 is 0 Å². The minimum atomic E-state index is 0.182. The predicted molar refractivity (Wildman–Crippen MR) is 96.8 cm³/mol. The maximum atomic E-state index is 12.0. The smallest absolute Gasteiger partial charge is 0.166 e. The van der Waals surface area contributed by atoms with Gasteiger partial charge in [-0.25, -0.2) is 0 Å². The van der Waals surface area contributed by atoms with Gasteiger partial charge in [0.1, 0.15) is 11.3 Å². The summed E-state index contributed by atoms with van der Waals surface area (Å²) in [6.07, 6.45) is 4.80. The topological polar surface area (TPSA) is 30.2 Å². The largest absolute Gasteiger partial charge is 0.460 e. The standard InChI is InChI=1S/C15H18O2.C3H8.C2H6/c1-3-5-9-14-15(12(16)4-2)11-8-6-7-10-13(11)17-14;1-3-2;1-2/h6-8,10H,3-5,9H2,1-2H3;3H2,1-2H3;1-2H3. The molecular weight excluding hydrogens is 272 g/mol. The number of carbonyl (C=O) groups excluding carboxylic acids is 1. The number of hydrogen-bond donors (Lipinski definition) is 0. The molecule has 0 atom stereocenters. The van der Waals surface area contributed by atoms with E-state index < -0.39 is 0 Å². The molecule has 1 heterocycles. The molecule has 2 aromatic rings. The molecule has 124 valence electrons. The van der Waals surface area contributed by atoms with Crippen LogP contribution in [-0.2, 0) is 6.42 Å². The van der Waals surface area contributed by atoms with Crippen LogP contribution in [0.25, 0.3) is 11.0 Å². The van der Waals surface area contributed by atoms with Crippen molar-refractivity contribution in [3.63, 3.8) is 0 Å². The number of aryl methyl sites for hydroxylation is 1. The van der Waals surface area contributed by atoms with Gasteiger partial charge >= 0.3 is 0 Å². The van der Waals surface area contributed by atoms with Gasteiger partial charge in [-0.1, -0.05) is 72.6 Å². The van der Waals surface area contributed by atoms with Gasteiger partial charge < -0.3 is 4.42 Å². The Labute approximate surface area is 135 Å². The van der Waals surface area contributed by atoms with Gasteiger partial charge in [-0.3, -0.25) is 4.79 Å². The molecular formula is C20H32O2. The molecule has 0 saturated heterocycles. The Kier molecular flexibility index (Phi) is 11.2. The summed E-state index contributed by atoms with van der Waals surface area (Å²) in [6, 6.07) is 7.79. The lowest BCUT2D eigenvalue weighted by molar-refractivity contribution is 0.0987.